The molecule has 0 aromatic heterocycles. The zero-order valence-electron chi connectivity index (χ0n) is 20.5. The van der Waals surface area contributed by atoms with E-state index in [2.05, 4.69) is 5.10 Å². The standard InChI is InChI=1S/C30H20Cl4N2O3/c1-38-27-14-18(11-12-26(27)39-17-20-9-5-6-10-23(20)32)13-22-28(19-7-3-2-4-8-19)35-36(30(22)37)29-24(33)15-21(31)16-25(29)34/h2-16H,17H2,1H3. The summed E-state index contributed by atoms with van der Waals surface area (Å²) in [6, 6.07) is 25.3. The summed E-state index contributed by atoms with van der Waals surface area (Å²) in [5.41, 5.74) is 3.40. The number of anilines is 1. The first kappa shape index (κ1) is 27.1. The van der Waals surface area contributed by atoms with Gasteiger partial charge in [0.25, 0.3) is 5.91 Å². The number of carbonyl (C=O) groups excluding carboxylic acids is 1. The van der Waals surface area contributed by atoms with Crippen molar-refractivity contribution in [3.05, 3.63) is 127 Å². The molecule has 4 aromatic rings. The summed E-state index contributed by atoms with van der Waals surface area (Å²) in [7, 11) is 1.55. The second-order valence-electron chi connectivity index (χ2n) is 8.50. The summed E-state index contributed by atoms with van der Waals surface area (Å²) in [6.45, 7) is 0.275. The smallest absolute Gasteiger partial charge is 0.281 e. The van der Waals surface area contributed by atoms with Gasteiger partial charge in [-0.15, -0.1) is 0 Å². The maximum absolute atomic E-state index is 13.7. The van der Waals surface area contributed by atoms with Crippen LogP contribution in [0, 0.1) is 0 Å². The summed E-state index contributed by atoms with van der Waals surface area (Å²) in [6.07, 6.45) is 1.74. The highest BCUT2D eigenvalue weighted by molar-refractivity contribution is 6.45. The summed E-state index contributed by atoms with van der Waals surface area (Å²) in [5.74, 6) is 0.648. The predicted molar refractivity (Wildman–Crippen MR) is 159 cm³/mol. The van der Waals surface area contributed by atoms with Crippen molar-refractivity contribution in [1.82, 2.24) is 0 Å². The van der Waals surface area contributed by atoms with Crippen LogP contribution in [-0.2, 0) is 11.4 Å². The lowest BCUT2D eigenvalue weighted by Gasteiger charge is -2.15. The Morgan fingerprint density at radius 2 is 1.51 bits per heavy atom. The highest BCUT2D eigenvalue weighted by atomic mass is 35.5. The zero-order valence-corrected chi connectivity index (χ0v) is 23.5. The number of hydrogen-bond acceptors (Lipinski definition) is 4. The van der Waals surface area contributed by atoms with Gasteiger partial charge in [-0.1, -0.05) is 101 Å². The number of nitrogens with zero attached hydrogens (tertiary/aromatic N) is 2. The maximum atomic E-state index is 13.7. The van der Waals surface area contributed by atoms with Crippen LogP contribution in [0.4, 0.5) is 5.69 Å². The fourth-order valence-corrected chi connectivity index (χ4v) is 5.24. The summed E-state index contributed by atoms with van der Waals surface area (Å²) < 4.78 is 11.6. The molecule has 9 heteroatoms. The van der Waals surface area contributed by atoms with Crippen molar-refractivity contribution in [1.29, 1.82) is 0 Å². The van der Waals surface area contributed by atoms with Gasteiger partial charge in [0, 0.05) is 21.2 Å². The Morgan fingerprint density at radius 1 is 0.821 bits per heavy atom. The quantitative estimate of drug-likeness (QED) is 0.200. The number of halogens is 4. The third-order valence-electron chi connectivity index (χ3n) is 5.96. The van der Waals surface area contributed by atoms with Gasteiger partial charge in [0.1, 0.15) is 18.0 Å². The molecule has 0 spiro atoms. The van der Waals surface area contributed by atoms with Crippen molar-refractivity contribution in [3.8, 4) is 11.5 Å². The van der Waals surface area contributed by atoms with Gasteiger partial charge in [-0.3, -0.25) is 4.79 Å². The van der Waals surface area contributed by atoms with Crippen LogP contribution >= 0.6 is 46.4 Å². The minimum absolute atomic E-state index is 0.208. The van der Waals surface area contributed by atoms with E-state index in [4.69, 9.17) is 55.9 Å². The molecule has 0 atom stereocenters. The van der Waals surface area contributed by atoms with Crippen LogP contribution in [0.2, 0.25) is 20.1 Å². The molecule has 1 amide bonds. The summed E-state index contributed by atoms with van der Waals surface area (Å²) in [4.78, 5) is 13.7. The fraction of sp³-hybridized carbons (Fsp3) is 0.0667. The van der Waals surface area contributed by atoms with E-state index in [1.165, 1.54) is 17.1 Å². The minimum Gasteiger partial charge on any atom is -0.493 e. The van der Waals surface area contributed by atoms with E-state index >= 15 is 0 Å². The molecule has 5 rings (SSSR count). The highest BCUT2D eigenvalue weighted by Gasteiger charge is 2.34. The topological polar surface area (TPSA) is 51.1 Å². The SMILES string of the molecule is COc1cc(C=C2C(=O)N(c3c(Cl)cc(Cl)cc3Cl)N=C2c2ccccc2)ccc1OCc1ccccc1Cl. The van der Waals surface area contributed by atoms with Crippen molar-refractivity contribution in [3.63, 3.8) is 0 Å². The van der Waals surface area contributed by atoms with Crippen molar-refractivity contribution in [2.75, 3.05) is 12.1 Å². The molecular formula is C30H20Cl4N2O3. The average Bonchev–Trinajstić information content (AvgIpc) is 3.24. The third-order valence-corrected chi connectivity index (χ3v) is 7.12. The third kappa shape index (κ3) is 5.77. The van der Waals surface area contributed by atoms with Crippen LogP contribution in [-0.4, -0.2) is 18.7 Å². The number of hydrazone groups is 1. The fourth-order valence-electron chi connectivity index (χ4n) is 4.07. The van der Waals surface area contributed by atoms with Crippen molar-refractivity contribution in [2.24, 2.45) is 5.10 Å². The monoisotopic (exact) mass is 596 g/mol. The molecule has 0 saturated carbocycles. The molecule has 0 unspecified atom stereocenters. The van der Waals surface area contributed by atoms with Crippen LogP contribution in [0.15, 0.2) is 95.6 Å². The van der Waals surface area contributed by atoms with Gasteiger partial charge in [0.2, 0.25) is 0 Å². The van der Waals surface area contributed by atoms with E-state index in [0.717, 1.165) is 11.1 Å². The van der Waals surface area contributed by atoms with Crippen molar-refractivity contribution >= 4 is 69.8 Å². The Labute approximate surface area is 245 Å². The lowest BCUT2D eigenvalue weighted by Crippen LogP contribution is -2.22. The lowest BCUT2D eigenvalue weighted by atomic mass is 10.00. The van der Waals surface area contributed by atoms with Gasteiger partial charge >= 0.3 is 0 Å². The highest BCUT2D eigenvalue weighted by Crippen LogP contribution is 2.40. The lowest BCUT2D eigenvalue weighted by molar-refractivity contribution is -0.114. The first-order valence-electron chi connectivity index (χ1n) is 11.7. The normalized spacial score (nSPS) is 14.1. The Balaban J connectivity index is 1.51. The van der Waals surface area contributed by atoms with E-state index in [-0.39, 0.29) is 22.3 Å². The van der Waals surface area contributed by atoms with Crippen molar-refractivity contribution in [2.45, 2.75) is 6.61 Å². The van der Waals surface area contributed by atoms with Crippen LogP contribution in [0.3, 0.4) is 0 Å². The molecule has 0 bridgehead atoms. The largest absolute Gasteiger partial charge is 0.493 e. The molecule has 1 heterocycles. The Bertz CT molecular complexity index is 1600. The number of ether oxygens (including phenoxy) is 2. The Morgan fingerprint density at radius 3 is 2.21 bits per heavy atom. The van der Waals surface area contributed by atoms with E-state index in [1.54, 1.807) is 25.3 Å². The van der Waals surface area contributed by atoms with Gasteiger partial charge in [-0.25, -0.2) is 0 Å². The maximum Gasteiger partial charge on any atom is 0.281 e. The molecule has 39 heavy (non-hydrogen) atoms. The molecule has 1 aliphatic heterocycles. The first-order chi connectivity index (χ1) is 18.9. The van der Waals surface area contributed by atoms with Gasteiger partial charge in [0.05, 0.1) is 22.7 Å². The molecule has 0 saturated heterocycles. The number of benzene rings is 4. The number of rotatable bonds is 7. The molecule has 0 aliphatic carbocycles. The molecule has 4 aromatic carbocycles. The Kier molecular flexibility index (Phi) is 8.15. The number of methoxy groups -OCH3 is 1. The van der Waals surface area contributed by atoms with Crippen LogP contribution in [0.1, 0.15) is 16.7 Å². The summed E-state index contributed by atoms with van der Waals surface area (Å²) in [5, 5.41) is 7.22. The van der Waals surface area contributed by atoms with E-state index < -0.39 is 5.91 Å². The van der Waals surface area contributed by atoms with Crippen LogP contribution < -0.4 is 14.5 Å². The number of hydrogen-bond donors (Lipinski definition) is 0. The van der Waals surface area contributed by atoms with E-state index in [1.807, 2.05) is 60.7 Å². The Hall–Kier alpha value is -3.48. The van der Waals surface area contributed by atoms with Crippen LogP contribution in [0.25, 0.3) is 6.08 Å². The van der Waals surface area contributed by atoms with E-state index in [0.29, 0.717) is 38.4 Å². The van der Waals surface area contributed by atoms with Gasteiger partial charge in [-0.05, 0) is 42.0 Å². The second kappa shape index (κ2) is 11.7. The molecule has 1 aliphatic rings. The average molecular weight is 598 g/mol. The molecule has 196 valence electrons. The zero-order chi connectivity index (χ0) is 27.5. The van der Waals surface area contributed by atoms with Gasteiger partial charge in [0.15, 0.2) is 11.5 Å². The first-order valence-corrected chi connectivity index (χ1v) is 13.3. The minimum atomic E-state index is -0.391. The van der Waals surface area contributed by atoms with E-state index in [9.17, 15) is 4.79 Å². The number of amides is 1. The molecule has 0 N–H and O–H groups in total. The van der Waals surface area contributed by atoms with Gasteiger partial charge in [-0.2, -0.15) is 10.1 Å². The molecule has 0 radical (unpaired) electrons. The number of carbonyl (C=O) groups is 1. The molecule has 0 fully saturated rings. The second-order valence-corrected chi connectivity index (χ2v) is 10.2. The van der Waals surface area contributed by atoms with Crippen LogP contribution in [0.5, 0.6) is 11.5 Å². The molecule has 5 nitrogen and oxygen atoms in total. The predicted octanol–water partition coefficient (Wildman–Crippen LogP) is 8.72. The summed E-state index contributed by atoms with van der Waals surface area (Å²) >= 11 is 25.2. The van der Waals surface area contributed by atoms with Gasteiger partial charge < -0.3 is 9.47 Å². The van der Waals surface area contributed by atoms with Crippen molar-refractivity contribution < 1.29 is 14.3 Å². The molecular weight excluding hydrogens is 578 g/mol.